The summed E-state index contributed by atoms with van der Waals surface area (Å²) in [5.74, 6) is -0.825. The SMILES string of the molecule is C[C@@H](C(=O)N1CCOC(C(=O)N2CCCC2)C1)N1CC[C@H](NS(=O)(=O)c2ccc3cc(Cl)ccc3c2)C1=O. The van der Waals surface area contributed by atoms with E-state index in [9.17, 15) is 22.8 Å². The topological polar surface area (TPSA) is 116 Å². The van der Waals surface area contributed by atoms with Gasteiger partial charge in [0.1, 0.15) is 12.1 Å². The fraction of sp³-hybridized carbons (Fsp3) is 0.500. The van der Waals surface area contributed by atoms with Crippen molar-refractivity contribution in [2.75, 3.05) is 39.3 Å². The predicted octanol–water partition coefficient (Wildman–Crippen LogP) is 1.61. The largest absolute Gasteiger partial charge is 0.365 e. The summed E-state index contributed by atoms with van der Waals surface area (Å²) < 4.78 is 34.3. The molecule has 1 unspecified atom stereocenters. The summed E-state index contributed by atoms with van der Waals surface area (Å²) in [4.78, 5) is 44.0. The molecule has 0 bridgehead atoms. The molecule has 3 aliphatic rings. The number of nitrogens with one attached hydrogen (secondary N) is 1. The maximum absolute atomic E-state index is 13.3. The molecular formula is C26H31ClN4O6S. The molecule has 2 aromatic carbocycles. The van der Waals surface area contributed by atoms with Crippen molar-refractivity contribution in [2.45, 2.75) is 49.3 Å². The highest BCUT2D eigenvalue weighted by Crippen LogP contribution is 2.24. The van der Waals surface area contributed by atoms with Gasteiger partial charge in [-0.25, -0.2) is 8.42 Å². The van der Waals surface area contributed by atoms with E-state index in [-0.39, 0.29) is 42.8 Å². The quantitative estimate of drug-likeness (QED) is 0.572. The third-order valence-electron chi connectivity index (χ3n) is 7.52. The third kappa shape index (κ3) is 5.38. The van der Waals surface area contributed by atoms with Crippen LogP contribution in [0.4, 0.5) is 0 Å². The molecule has 3 fully saturated rings. The second kappa shape index (κ2) is 10.8. The normalized spacial score (nSPS) is 23.3. The average molecular weight is 563 g/mol. The molecule has 0 spiro atoms. The third-order valence-corrected chi connectivity index (χ3v) is 9.22. The van der Waals surface area contributed by atoms with E-state index in [0.717, 1.165) is 18.2 Å². The summed E-state index contributed by atoms with van der Waals surface area (Å²) in [7, 11) is -3.98. The molecule has 3 aliphatic heterocycles. The Morgan fingerprint density at radius 1 is 1.03 bits per heavy atom. The molecule has 3 amide bonds. The van der Waals surface area contributed by atoms with E-state index in [1.165, 1.54) is 17.0 Å². The Morgan fingerprint density at radius 2 is 1.74 bits per heavy atom. The van der Waals surface area contributed by atoms with Crippen molar-refractivity contribution in [2.24, 2.45) is 0 Å². The monoisotopic (exact) mass is 562 g/mol. The van der Waals surface area contributed by atoms with Crippen LogP contribution in [0.25, 0.3) is 10.8 Å². The van der Waals surface area contributed by atoms with Crippen LogP contribution in [-0.2, 0) is 29.1 Å². The molecule has 3 heterocycles. The number of carbonyl (C=O) groups excluding carboxylic acids is 3. The zero-order chi connectivity index (χ0) is 27.0. The summed E-state index contributed by atoms with van der Waals surface area (Å²) in [5, 5.41) is 2.07. The van der Waals surface area contributed by atoms with Crippen LogP contribution in [0, 0.1) is 0 Å². The van der Waals surface area contributed by atoms with Gasteiger partial charge in [-0.3, -0.25) is 14.4 Å². The second-order valence-electron chi connectivity index (χ2n) is 10.00. The van der Waals surface area contributed by atoms with Crippen LogP contribution >= 0.6 is 11.6 Å². The molecule has 2 aromatic rings. The van der Waals surface area contributed by atoms with Gasteiger partial charge in [-0.05, 0) is 61.2 Å². The number of sulfonamides is 1. The lowest BCUT2D eigenvalue weighted by atomic mass is 10.1. The molecule has 0 aromatic heterocycles. The maximum atomic E-state index is 13.3. The number of amides is 3. The van der Waals surface area contributed by atoms with Crippen LogP contribution in [0.5, 0.6) is 0 Å². The van der Waals surface area contributed by atoms with Gasteiger partial charge in [-0.15, -0.1) is 0 Å². The Hall–Kier alpha value is -2.73. The van der Waals surface area contributed by atoms with Crippen LogP contribution < -0.4 is 4.72 Å². The van der Waals surface area contributed by atoms with Crippen LogP contribution in [0.3, 0.4) is 0 Å². The Balaban J connectivity index is 1.22. The van der Waals surface area contributed by atoms with Gasteiger partial charge < -0.3 is 19.4 Å². The van der Waals surface area contributed by atoms with E-state index in [4.69, 9.17) is 16.3 Å². The number of morpholine rings is 1. The molecule has 10 nitrogen and oxygen atoms in total. The number of fused-ring (bicyclic) bond motifs is 1. The fourth-order valence-electron chi connectivity index (χ4n) is 5.35. The molecule has 0 aliphatic carbocycles. The van der Waals surface area contributed by atoms with Crippen molar-refractivity contribution >= 4 is 50.1 Å². The Morgan fingerprint density at radius 3 is 2.50 bits per heavy atom. The lowest BCUT2D eigenvalue weighted by Gasteiger charge is -2.36. The highest BCUT2D eigenvalue weighted by molar-refractivity contribution is 7.89. The van der Waals surface area contributed by atoms with Crippen molar-refractivity contribution in [1.29, 1.82) is 0 Å². The van der Waals surface area contributed by atoms with Crippen LogP contribution in [0.15, 0.2) is 41.3 Å². The summed E-state index contributed by atoms with van der Waals surface area (Å²) in [6, 6.07) is 8.09. The van der Waals surface area contributed by atoms with Crippen molar-refractivity contribution in [3.8, 4) is 0 Å². The fourth-order valence-corrected chi connectivity index (χ4v) is 6.79. The Kier molecular flexibility index (Phi) is 7.63. The molecule has 5 rings (SSSR count). The van der Waals surface area contributed by atoms with E-state index in [1.807, 2.05) is 0 Å². The molecule has 12 heteroatoms. The first kappa shape index (κ1) is 26.9. The highest BCUT2D eigenvalue weighted by Gasteiger charge is 2.41. The first-order chi connectivity index (χ1) is 18.1. The molecule has 3 saturated heterocycles. The van der Waals surface area contributed by atoms with Gasteiger partial charge in [0.25, 0.3) is 5.91 Å². The van der Waals surface area contributed by atoms with Gasteiger partial charge in [0, 0.05) is 31.2 Å². The minimum atomic E-state index is -3.98. The summed E-state index contributed by atoms with van der Waals surface area (Å²) in [6.07, 6.45) is 1.48. The first-order valence-corrected chi connectivity index (χ1v) is 14.7. The lowest BCUT2D eigenvalue weighted by Crippen LogP contribution is -2.56. The number of hydrogen-bond acceptors (Lipinski definition) is 6. The maximum Gasteiger partial charge on any atom is 0.253 e. The lowest BCUT2D eigenvalue weighted by molar-refractivity contribution is -0.157. The summed E-state index contributed by atoms with van der Waals surface area (Å²) in [6.45, 7) is 4.01. The van der Waals surface area contributed by atoms with Crippen molar-refractivity contribution < 1.29 is 27.5 Å². The zero-order valence-corrected chi connectivity index (χ0v) is 22.7. The molecular weight excluding hydrogens is 532 g/mol. The molecule has 3 atom stereocenters. The van der Waals surface area contributed by atoms with E-state index in [2.05, 4.69) is 4.72 Å². The molecule has 38 heavy (non-hydrogen) atoms. The zero-order valence-electron chi connectivity index (χ0n) is 21.1. The van der Waals surface area contributed by atoms with Crippen molar-refractivity contribution in [3.05, 3.63) is 41.4 Å². The number of hydrogen-bond donors (Lipinski definition) is 1. The predicted molar refractivity (Wildman–Crippen MR) is 141 cm³/mol. The van der Waals surface area contributed by atoms with Crippen LogP contribution in [0.2, 0.25) is 5.02 Å². The highest BCUT2D eigenvalue weighted by atomic mass is 35.5. The number of nitrogens with zero attached hydrogens (tertiary/aromatic N) is 3. The van der Waals surface area contributed by atoms with Gasteiger partial charge in [-0.1, -0.05) is 23.7 Å². The first-order valence-electron chi connectivity index (χ1n) is 12.9. The van der Waals surface area contributed by atoms with Crippen LogP contribution in [-0.4, -0.2) is 98.4 Å². The van der Waals surface area contributed by atoms with Gasteiger partial charge >= 0.3 is 0 Å². The number of ether oxygens (including phenoxy) is 1. The second-order valence-corrected chi connectivity index (χ2v) is 12.1. The Bertz CT molecular complexity index is 1360. The van der Waals surface area contributed by atoms with Crippen LogP contribution in [0.1, 0.15) is 26.2 Å². The molecule has 0 saturated carbocycles. The summed E-state index contributed by atoms with van der Waals surface area (Å²) >= 11 is 6.01. The average Bonchev–Trinajstić information content (AvgIpc) is 3.57. The van der Waals surface area contributed by atoms with Crippen molar-refractivity contribution in [1.82, 2.24) is 19.4 Å². The summed E-state index contributed by atoms with van der Waals surface area (Å²) in [5.41, 5.74) is 0. The number of likely N-dealkylation sites (tertiary alicyclic amines) is 2. The molecule has 204 valence electrons. The minimum absolute atomic E-state index is 0.0460. The number of rotatable bonds is 6. The molecule has 1 N–H and O–H groups in total. The van der Waals surface area contributed by atoms with E-state index < -0.39 is 34.1 Å². The van der Waals surface area contributed by atoms with Gasteiger partial charge in [-0.2, -0.15) is 4.72 Å². The Labute approximate surface area is 226 Å². The minimum Gasteiger partial charge on any atom is -0.365 e. The number of benzene rings is 2. The van der Waals surface area contributed by atoms with E-state index >= 15 is 0 Å². The van der Waals surface area contributed by atoms with Crippen molar-refractivity contribution in [3.63, 3.8) is 0 Å². The van der Waals surface area contributed by atoms with Gasteiger partial charge in [0.15, 0.2) is 6.10 Å². The van der Waals surface area contributed by atoms with E-state index in [0.29, 0.717) is 30.0 Å². The smallest absolute Gasteiger partial charge is 0.253 e. The van der Waals surface area contributed by atoms with Gasteiger partial charge in [0.05, 0.1) is 18.0 Å². The standard InChI is InChI=1S/C26H31ClN4O6S/c1-17(24(32)30-12-13-37-23(16-30)26(34)29-9-2-3-10-29)31-11-8-22(25(31)33)28-38(35,36)21-7-5-18-14-20(27)6-4-19(18)15-21/h4-7,14-15,17,22-23,28H,2-3,8-13,16H2,1H3/t17-,22-,23?/m0/s1. The number of carbonyl (C=O) groups is 3. The van der Waals surface area contributed by atoms with Gasteiger partial charge in [0.2, 0.25) is 21.8 Å². The number of halogens is 1. The molecule has 0 radical (unpaired) electrons. The van der Waals surface area contributed by atoms with E-state index in [1.54, 1.807) is 41.0 Å².